The summed E-state index contributed by atoms with van der Waals surface area (Å²) in [5.41, 5.74) is 2.66. The first-order chi connectivity index (χ1) is 14.6. The molecule has 0 bridgehead atoms. The van der Waals surface area contributed by atoms with E-state index in [0.29, 0.717) is 28.6 Å². The van der Waals surface area contributed by atoms with Crippen molar-refractivity contribution < 1.29 is 4.39 Å². The molecular weight excluding hydrogens is 381 g/mol. The number of H-pyrrole nitrogens is 1. The van der Waals surface area contributed by atoms with Crippen molar-refractivity contribution in [2.45, 2.75) is 39.3 Å². The van der Waals surface area contributed by atoms with Crippen molar-refractivity contribution in [1.29, 1.82) is 0 Å². The Labute approximate surface area is 173 Å². The van der Waals surface area contributed by atoms with Gasteiger partial charge in [0.15, 0.2) is 0 Å². The average molecular weight is 405 g/mol. The van der Waals surface area contributed by atoms with Crippen LogP contribution in [-0.4, -0.2) is 25.6 Å². The van der Waals surface area contributed by atoms with Crippen LogP contribution in [0.1, 0.15) is 32.3 Å². The number of hydrogen-bond acceptors (Lipinski definition) is 4. The lowest BCUT2D eigenvalue weighted by molar-refractivity contribution is 0.635. The van der Waals surface area contributed by atoms with Crippen LogP contribution in [-0.2, 0) is 6.54 Å². The number of nitrogens with zero attached hydrogens (tertiary/aromatic N) is 3. The second-order valence-corrected chi connectivity index (χ2v) is 7.32. The first-order valence-electron chi connectivity index (χ1n) is 10.1. The molecule has 7 heteroatoms. The van der Waals surface area contributed by atoms with Crippen molar-refractivity contribution in [3.8, 4) is 11.3 Å². The maximum absolute atomic E-state index is 14.2. The van der Waals surface area contributed by atoms with E-state index in [4.69, 9.17) is 0 Å². The van der Waals surface area contributed by atoms with Crippen molar-refractivity contribution in [1.82, 2.24) is 19.5 Å². The molecule has 4 aromatic rings. The molecule has 0 spiro atoms. The predicted octanol–water partition coefficient (Wildman–Crippen LogP) is 4.57. The van der Waals surface area contributed by atoms with Crippen LogP contribution in [0.5, 0.6) is 0 Å². The number of aromatic nitrogens is 4. The third kappa shape index (κ3) is 4.10. The van der Waals surface area contributed by atoms with E-state index in [2.05, 4.69) is 34.1 Å². The lowest BCUT2D eigenvalue weighted by atomic mass is 10.1. The zero-order valence-electron chi connectivity index (χ0n) is 17.0. The molecule has 0 unspecified atom stereocenters. The van der Waals surface area contributed by atoms with E-state index in [1.165, 1.54) is 6.07 Å². The minimum absolute atomic E-state index is 0.174. The summed E-state index contributed by atoms with van der Waals surface area (Å²) in [7, 11) is 0. The summed E-state index contributed by atoms with van der Waals surface area (Å²) in [6.45, 7) is 4.52. The molecule has 3 aromatic heterocycles. The first kappa shape index (κ1) is 19.8. The molecule has 0 aliphatic heterocycles. The SMILES string of the molecule is CCC(CC)Nc1nccc(-c2ccn(Cc3cc(F)c4cc[nH]c4c3)c(=O)c2)n1. The van der Waals surface area contributed by atoms with Gasteiger partial charge in [-0.05, 0) is 48.7 Å². The number of hydrogen-bond donors (Lipinski definition) is 2. The third-order valence-corrected chi connectivity index (χ3v) is 5.30. The van der Waals surface area contributed by atoms with Crippen LogP contribution in [0.4, 0.5) is 10.3 Å². The summed E-state index contributed by atoms with van der Waals surface area (Å²) in [6.07, 6.45) is 7.06. The van der Waals surface area contributed by atoms with Gasteiger partial charge in [-0.3, -0.25) is 4.79 Å². The van der Waals surface area contributed by atoms with Crippen molar-refractivity contribution in [3.63, 3.8) is 0 Å². The topological polar surface area (TPSA) is 75.6 Å². The van der Waals surface area contributed by atoms with Gasteiger partial charge in [0.2, 0.25) is 5.95 Å². The Bertz CT molecular complexity index is 1230. The van der Waals surface area contributed by atoms with Gasteiger partial charge in [0, 0.05) is 47.2 Å². The van der Waals surface area contributed by atoms with Crippen LogP contribution in [0, 0.1) is 5.82 Å². The van der Waals surface area contributed by atoms with Gasteiger partial charge in [-0.2, -0.15) is 0 Å². The van der Waals surface area contributed by atoms with E-state index in [-0.39, 0.29) is 17.9 Å². The van der Waals surface area contributed by atoms with Gasteiger partial charge in [0.25, 0.3) is 5.56 Å². The van der Waals surface area contributed by atoms with E-state index in [1.807, 2.05) is 12.1 Å². The Balaban J connectivity index is 1.58. The summed E-state index contributed by atoms with van der Waals surface area (Å²) in [5, 5.41) is 3.87. The molecular formula is C23H24FN5O. The number of anilines is 1. The van der Waals surface area contributed by atoms with Crippen molar-refractivity contribution in [2.75, 3.05) is 5.32 Å². The number of pyridine rings is 1. The van der Waals surface area contributed by atoms with Gasteiger partial charge in [-0.1, -0.05) is 13.8 Å². The van der Waals surface area contributed by atoms with E-state index < -0.39 is 0 Å². The molecule has 0 saturated heterocycles. The van der Waals surface area contributed by atoms with Crippen molar-refractivity contribution in [3.05, 3.63) is 76.7 Å². The summed E-state index contributed by atoms with van der Waals surface area (Å²) in [5.74, 6) is 0.256. The maximum atomic E-state index is 14.2. The molecule has 0 aliphatic carbocycles. The average Bonchev–Trinajstić information content (AvgIpc) is 3.23. The van der Waals surface area contributed by atoms with Crippen LogP contribution < -0.4 is 10.9 Å². The molecule has 0 fully saturated rings. The van der Waals surface area contributed by atoms with E-state index in [9.17, 15) is 9.18 Å². The molecule has 0 atom stereocenters. The minimum Gasteiger partial charge on any atom is -0.361 e. The largest absolute Gasteiger partial charge is 0.361 e. The van der Waals surface area contributed by atoms with Gasteiger partial charge >= 0.3 is 0 Å². The molecule has 154 valence electrons. The zero-order valence-corrected chi connectivity index (χ0v) is 17.0. The van der Waals surface area contributed by atoms with Gasteiger partial charge in [-0.15, -0.1) is 0 Å². The number of aromatic amines is 1. The first-order valence-corrected chi connectivity index (χ1v) is 10.1. The van der Waals surface area contributed by atoms with Crippen LogP contribution in [0.3, 0.4) is 0 Å². The number of rotatable bonds is 7. The highest BCUT2D eigenvalue weighted by atomic mass is 19.1. The van der Waals surface area contributed by atoms with Crippen LogP contribution in [0.25, 0.3) is 22.2 Å². The fourth-order valence-corrected chi connectivity index (χ4v) is 3.53. The van der Waals surface area contributed by atoms with Gasteiger partial charge in [-0.25, -0.2) is 14.4 Å². The summed E-state index contributed by atoms with van der Waals surface area (Å²) in [6, 6.07) is 10.5. The molecule has 0 amide bonds. The smallest absolute Gasteiger partial charge is 0.251 e. The van der Waals surface area contributed by atoms with Gasteiger partial charge in [0.05, 0.1) is 12.2 Å². The number of benzene rings is 1. The molecule has 0 radical (unpaired) electrons. The number of halogens is 1. The Morgan fingerprint density at radius 2 is 2.00 bits per heavy atom. The van der Waals surface area contributed by atoms with Gasteiger partial charge < -0.3 is 14.9 Å². The molecule has 30 heavy (non-hydrogen) atoms. The van der Waals surface area contributed by atoms with Gasteiger partial charge in [0.1, 0.15) is 5.82 Å². The summed E-state index contributed by atoms with van der Waals surface area (Å²) < 4.78 is 15.8. The summed E-state index contributed by atoms with van der Waals surface area (Å²) in [4.78, 5) is 24.5. The Morgan fingerprint density at radius 1 is 1.17 bits per heavy atom. The Morgan fingerprint density at radius 3 is 2.77 bits per heavy atom. The monoisotopic (exact) mass is 405 g/mol. The molecule has 1 aromatic carbocycles. The Hall–Kier alpha value is -3.48. The van der Waals surface area contributed by atoms with Crippen LogP contribution >= 0.6 is 0 Å². The predicted molar refractivity (Wildman–Crippen MR) is 117 cm³/mol. The fraction of sp³-hybridized carbons (Fsp3) is 0.261. The molecule has 6 nitrogen and oxygen atoms in total. The number of fused-ring (bicyclic) bond motifs is 1. The molecule has 3 heterocycles. The summed E-state index contributed by atoms with van der Waals surface area (Å²) >= 11 is 0. The highest BCUT2D eigenvalue weighted by Gasteiger charge is 2.09. The standard InChI is InChI=1S/C23H24FN5O/c1-3-17(4-2)27-23-26-9-6-20(28-23)16-7-10-29(22(30)13-16)14-15-11-19(24)18-5-8-25-21(18)12-15/h5-13,17,25H,3-4,14H2,1-2H3,(H,26,27,28). The molecule has 0 aliphatic rings. The zero-order chi connectivity index (χ0) is 21.1. The second-order valence-electron chi connectivity index (χ2n) is 7.32. The molecule has 0 saturated carbocycles. The van der Waals surface area contributed by atoms with E-state index >= 15 is 0 Å². The molecule has 2 N–H and O–H groups in total. The van der Waals surface area contributed by atoms with Crippen LogP contribution in [0.15, 0.2) is 59.8 Å². The number of nitrogens with one attached hydrogen (secondary N) is 2. The quantitative estimate of drug-likeness (QED) is 0.472. The minimum atomic E-state index is -0.299. The van der Waals surface area contributed by atoms with Crippen molar-refractivity contribution in [2.24, 2.45) is 0 Å². The maximum Gasteiger partial charge on any atom is 0.251 e. The van der Waals surface area contributed by atoms with Crippen LogP contribution in [0.2, 0.25) is 0 Å². The second kappa shape index (κ2) is 8.49. The Kier molecular flexibility index (Phi) is 5.61. The fourth-order valence-electron chi connectivity index (χ4n) is 3.53. The van der Waals surface area contributed by atoms with Crippen molar-refractivity contribution >= 4 is 16.9 Å². The lowest BCUT2D eigenvalue weighted by Crippen LogP contribution is -2.20. The normalized spacial score (nSPS) is 11.3. The van der Waals surface area contributed by atoms with E-state index in [0.717, 1.165) is 24.0 Å². The highest BCUT2D eigenvalue weighted by Crippen LogP contribution is 2.20. The lowest BCUT2D eigenvalue weighted by Gasteiger charge is -2.15. The third-order valence-electron chi connectivity index (χ3n) is 5.30. The van der Waals surface area contributed by atoms with E-state index in [1.54, 1.807) is 41.4 Å². The molecule has 4 rings (SSSR count). The highest BCUT2D eigenvalue weighted by molar-refractivity contribution is 5.80.